The summed E-state index contributed by atoms with van der Waals surface area (Å²) in [7, 11) is 2.92. The number of anilines is 2. The van der Waals surface area contributed by atoms with Crippen molar-refractivity contribution in [2.45, 2.75) is 111 Å². The molecule has 3 aromatic carbocycles. The number of methoxy groups -OCH3 is 2. The molecule has 24 nitrogen and oxygen atoms in total. The molecular weight excluding hydrogens is 1300 g/mol. The number of benzene rings is 3. The molecule has 6 amide bonds. The summed E-state index contributed by atoms with van der Waals surface area (Å²) in [5.41, 5.74) is 3.69. The molecule has 4 aliphatic heterocycles. The average molecular weight is 1390 g/mol. The number of nitrogens with one attached hydrogen (secondary N) is 3. The molecule has 4 N–H and O–H groups in total. The number of Topliss-reactive ketones (excluding diaryl/α,β-unsaturated/α-hetero) is 1. The summed E-state index contributed by atoms with van der Waals surface area (Å²) in [6.07, 6.45) is 13.1. The Labute approximate surface area is 551 Å². The number of aliphatic imine (C=N–C) groups is 1. The maximum Gasteiger partial charge on any atom is 0.416 e. The van der Waals surface area contributed by atoms with Gasteiger partial charge in [0.1, 0.15) is 18.4 Å². The van der Waals surface area contributed by atoms with Crippen molar-refractivity contribution in [3.05, 3.63) is 113 Å². The van der Waals surface area contributed by atoms with E-state index in [0.717, 1.165) is 16.0 Å². The van der Waals surface area contributed by atoms with Gasteiger partial charge in [0.25, 0.3) is 11.8 Å². The molecule has 0 spiro atoms. The van der Waals surface area contributed by atoms with Gasteiger partial charge in [-0.1, -0.05) is 72.9 Å². The summed E-state index contributed by atoms with van der Waals surface area (Å²) < 4.78 is 52.0. The number of amides is 6. The summed E-state index contributed by atoms with van der Waals surface area (Å²) in [6, 6.07) is 10.8. The predicted molar refractivity (Wildman–Crippen MR) is 353 cm³/mol. The van der Waals surface area contributed by atoms with E-state index in [4.69, 9.17) is 42.6 Å². The first-order chi connectivity index (χ1) is 44.5. The highest BCUT2D eigenvalue weighted by molar-refractivity contribution is 14.1. The van der Waals surface area contributed by atoms with Crippen LogP contribution in [0.25, 0.3) is 0 Å². The van der Waals surface area contributed by atoms with Gasteiger partial charge in [-0.2, -0.15) is 0 Å². The number of fused-ring (bicyclic) bond motifs is 4. The molecule has 0 bridgehead atoms. The molecular formula is C67H86IN7O17. The van der Waals surface area contributed by atoms with Crippen LogP contribution < -0.4 is 39.8 Å². The number of nitrogens with zero attached hydrogens (tertiary/aromatic N) is 4. The second-order valence-corrected chi connectivity index (χ2v) is 23.2. The van der Waals surface area contributed by atoms with Gasteiger partial charge in [0, 0.05) is 68.2 Å². The predicted octanol–water partition coefficient (Wildman–Crippen LogP) is 8.55. The van der Waals surface area contributed by atoms with Crippen LogP contribution in [0.3, 0.4) is 0 Å². The van der Waals surface area contributed by atoms with Crippen molar-refractivity contribution in [2.24, 2.45) is 16.8 Å². The summed E-state index contributed by atoms with van der Waals surface area (Å²) >= 11 is 2.00. The van der Waals surface area contributed by atoms with Crippen molar-refractivity contribution in [3.8, 4) is 23.0 Å². The number of aliphatic hydroxyl groups is 1. The fraction of sp³-hybridized carbons (Fsp3) is 0.493. The van der Waals surface area contributed by atoms with Crippen molar-refractivity contribution >= 4 is 87.3 Å². The van der Waals surface area contributed by atoms with Gasteiger partial charge in [-0.3, -0.25) is 33.8 Å². The number of ketones is 1. The maximum absolute atomic E-state index is 14.4. The number of aliphatic hydroxyl groups excluding tert-OH is 1. The Morgan fingerprint density at radius 2 is 1.30 bits per heavy atom. The van der Waals surface area contributed by atoms with E-state index in [9.17, 15) is 38.7 Å². The van der Waals surface area contributed by atoms with Gasteiger partial charge in [-0.15, -0.1) is 0 Å². The molecule has 7 rings (SSSR count). The van der Waals surface area contributed by atoms with Crippen LogP contribution >= 0.6 is 22.6 Å². The second kappa shape index (κ2) is 36.5. The summed E-state index contributed by atoms with van der Waals surface area (Å²) in [5, 5.41) is 20.5. The Morgan fingerprint density at radius 1 is 0.707 bits per heavy atom. The van der Waals surface area contributed by atoms with Crippen molar-refractivity contribution in [3.63, 3.8) is 0 Å². The number of carbonyl (C=O) groups excluding carboxylic acids is 7. The molecule has 0 radical (unpaired) electrons. The molecule has 0 aliphatic carbocycles. The van der Waals surface area contributed by atoms with Crippen LogP contribution in [0.5, 0.6) is 23.0 Å². The van der Waals surface area contributed by atoms with Crippen molar-refractivity contribution in [1.82, 2.24) is 20.4 Å². The SMILES string of the molecule is C/C=C/C1=CN2C(=O)c3cc(OC)c(OCCCOc4cc5c(cc4OC)C(=O)N4C=C(/C=C/C)C[C@H]4[C@H](O)N5C(=O)OCc4ccc(NC(=O)[C@H](C)NC(=O)[C@@H](CCCC(=O)CCOCCOCCOCCOCCNC(=O)CI)C(C)C)cc4)cc3N=C[C@@H]2C1. The third kappa shape index (κ3) is 20.2. The first kappa shape index (κ1) is 71.7. The fourth-order valence-electron chi connectivity index (χ4n) is 10.7. The lowest BCUT2D eigenvalue weighted by Crippen LogP contribution is -2.50. The first-order valence-corrected chi connectivity index (χ1v) is 32.6. The smallest absolute Gasteiger partial charge is 0.416 e. The molecule has 4 heterocycles. The van der Waals surface area contributed by atoms with E-state index < -0.39 is 42.1 Å². The number of rotatable bonds is 37. The number of halogens is 1. The number of alkyl halides is 1. The van der Waals surface area contributed by atoms with Crippen LogP contribution in [-0.4, -0.2) is 178 Å². The fourth-order valence-corrected chi connectivity index (χ4v) is 10.9. The minimum Gasteiger partial charge on any atom is -0.493 e. The van der Waals surface area contributed by atoms with Crippen LogP contribution in [0.2, 0.25) is 0 Å². The monoisotopic (exact) mass is 1390 g/mol. The maximum atomic E-state index is 14.4. The molecule has 5 atom stereocenters. The lowest BCUT2D eigenvalue weighted by atomic mass is 9.89. The lowest BCUT2D eigenvalue weighted by Gasteiger charge is -2.31. The van der Waals surface area contributed by atoms with E-state index in [1.54, 1.807) is 60.6 Å². The van der Waals surface area contributed by atoms with Crippen molar-refractivity contribution < 1.29 is 81.3 Å². The van der Waals surface area contributed by atoms with E-state index >= 15 is 0 Å². The molecule has 4 aliphatic rings. The molecule has 0 fully saturated rings. The van der Waals surface area contributed by atoms with E-state index in [0.29, 0.717) is 123 Å². The van der Waals surface area contributed by atoms with E-state index in [-0.39, 0.29) is 97.5 Å². The second-order valence-electron chi connectivity index (χ2n) is 22.5. The normalized spacial score (nSPS) is 17.3. The minimum absolute atomic E-state index is 0.0261. The van der Waals surface area contributed by atoms with Gasteiger partial charge in [0.15, 0.2) is 29.2 Å². The van der Waals surface area contributed by atoms with Gasteiger partial charge in [0.2, 0.25) is 17.7 Å². The number of hydrogen-bond acceptors (Lipinski definition) is 18. The Bertz CT molecular complexity index is 3200. The molecule has 92 heavy (non-hydrogen) atoms. The Hall–Kier alpha value is -7.69. The molecule has 0 aromatic heterocycles. The van der Waals surface area contributed by atoms with Gasteiger partial charge in [-0.05, 0) is 93.3 Å². The highest BCUT2D eigenvalue weighted by atomic mass is 127. The molecule has 3 aromatic rings. The molecule has 0 saturated heterocycles. The quantitative estimate of drug-likeness (QED) is 0.0239. The Kier molecular flexibility index (Phi) is 28.5. The zero-order valence-corrected chi connectivity index (χ0v) is 55.6. The largest absolute Gasteiger partial charge is 0.493 e. The molecule has 498 valence electrons. The summed E-state index contributed by atoms with van der Waals surface area (Å²) in [5.74, 6) is -0.786. The standard InChI is InChI=1S/C67H86IN7O17/c1-8-12-46-32-49-39-70-54-36-59(57(84-6)34-52(54)64(80)73(49)40-46)90-22-11-23-91-60-37-55-53(35-58(60)85-7)65(81)74-41-47(13-9-2)33-56(74)66(82)75(55)67(83)92-42-45-16-18-48(19-17-45)72-62(78)44(5)71-63(79)51(43(3)4)15-10-14-50(76)20-24-86-26-28-88-30-31-89-29-27-87-25-21-69-61(77)38-68/h8-9,12-13,16-19,34-37,39-41,43-44,49,51,56,66,82H,10-11,14-15,20-33,38,42H2,1-7H3,(H,69,77)(H,71,79)(H,72,78)/b12-8+,13-9+/t44-,49-,51-,56-,66-/m0/s1. The van der Waals surface area contributed by atoms with Gasteiger partial charge >= 0.3 is 6.09 Å². The Balaban J connectivity index is 0.868. The van der Waals surface area contributed by atoms with Gasteiger partial charge < -0.3 is 73.5 Å². The summed E-state index contributed by atoms with van der Waals surface area (Å²) in [4.78, 5) is 102. The van der Waals surface area contributed by atoms with E-state index in [1.165, 1.54) is 31.3 Å². The Morgan fingerprint density at radius 3 is 1.93 bits per heavy atom. The van der Waals surface area contributed by atoms with Gasteiger partial charge in [-0.25, -0.2) is 9.69 Å². The van der Waals surface area contributed by atoms with Crippen molar-refractivity contribution in [2.75, 3.05) is 101 Å². The number of allylic oxidation sites excluding steroid dienone is 4. The highest BCUT2D eigenvalue weighted by Crippen LogP contribution is 2.43. The first-order valence-electron chi connectivity index (χ1n) is 31.0. The average Bonchev–Trinajstić information content (AvgIpc) is 1.60. The van der Waals surface area contributed by atoms with Crippen LogP contribution in [0.4, 0.5) is 21.9 Å². The van der Waals surface area contributed by atoms with Crippen LogP contribution in [0.15, 0.2) is 101 Å². The third-order valence-corrected chi connectivity index (χ3v) is 16.2. The third-order valence-electron chi connectivity index (χ3n) is 15.5. The van der Waals surface area contributed by atoms with Gasteiger partial charge in [0.05, 0.1) is 119 Å². The zero-order chi connectivity index (χ0) is 66.1. The van der Waals surface area contributed by atoms with Crippen LogP contribution in [0.1, 0.15) is 106 Å². The van der Waals surface area contributed by atoms with E-state index in [1.807, 2.05) is 80.8 Å². The summed E-state index contributed by atoms with van der Waals surface area (Å²) in [6.45, 7) is 12.7. The highest BCUT2D eigenvalue weighted by Gasteiger charge is 2.45. The number of carbonyl (C=O) groups is 7. The van der Waals surface area contributed by atoms with Crippen LogP contribution in [0, 0.1) is 11.8 Å². The molecule has 25 heteroatoms. The number of ether oxygens (including phenoxy) is 9. The van der Waals surface area contributed by atoms with Crippen molar-refractivity contribution in [1.29, 1.82) is 0 Å². The zero-order valence-electron chi connectivity index (χ0n) is 53.4. The minimum atomic E-state index is -1.56. The molecule has 0 saturated carbocycles. The molecule has 0 unspecified atom stereocenters. The topological polar surface area (TPSA) is 281 Å². The lowest BCUT2D eigenvalue weighted by molar-refractivity contribution is -0.130. The van der Waals surface area contributed by atoms with E-state index in [2.05, 4.69) is 20.9 Å². The number of hydrogen-bond donors (Lipinski definition) is 4. The van der Waals surface area contributed by atoms with Crippen LogP contribution in [-0.2, 0) is 49.5 Å².